The zero-order chi connectivity index (χ0) is 20.3. The van der Waals surface area contributed by atoms with E-state index in [1.165, 1.54) is 10.9 Å². The van der Waals surface area contributed by atoms with Gasteiger partial charge in [-0.05, 0) is 5.92 Å². The monoisotopic (exact) mass is 400 g/mol. The van der Waals surface area contributed by atoms with Crippen molar-refractivity contribution in [2.75, 3.05) is 39.4 Å². The molecule has 0 saturated carbocycles. The number of ether oxygens (including phenoxy) is 1. The van der Waals surface area contributed by atoms with Crippen LogP contribution in [0.3, 0.4) is 0 Å². The van der Waals surface area contributed by atoms with Crippen LogP contribution >= 0.6 is 0 Å². The number of carbonyl (C=O) groups excluding carboxylic acids is 2. The van der Waals surface area contributed by atoms with Crippen LogP contribution in [0.5, 0.6) is 0 Å². The topological polar surface area (TPSA) is 92.6 Å². The number of hydrogen-bond donors (Lipinski definition) is 1. The lowest BCUT2D eigenvalue weighted by atomic mass is 10.2. The molecule has 156 valence electrons. The third kappa shape index (κ3) is 4.94. The highest BCUT2D eigenvalue weighted by atomic mass is 19.3. The molecule has 2 fully saturated rings. The van der Waals surface area contributed by atoms with Gasteiger partial charge < -0.3 is 19.9 Å². The zero-order valence-electron chi connectivity index (χ0n) is 16.1. The molecule has 2 saturated heterocycles. The van der Waals surface area contributed by atoms with Crippen LogP contribution in [0.15, 0.2) is 6.20 Å². The summed E-state index contributed by atoms with van der Waals surface area (Å²) in [6.07, 6.45) is 0.993. The number of nitrogens with one attached hydrogen (secondary N) is 1. The van der Waals surface area contributed by atoms with Crippen molar-refractivity contribution in [1.29, 1.82) is 0 Å². The molecule has 0 unspecified atom stereocenters. The minimum Gasteiger partial charge on any atom is -0.378 e. The van der Waals surface area contributed by atoms with E-state index in [0.29, 0.717) is 32.8 Å². The summed E-state index contributed by atoms with van der Waals surface area (Å²) < 4.78 is 34.5. The molecule has 2 aliphatic heterocycles. The molecule has 28 heavy (non-hydrogen) atoms. The van der Waals surface area contributed by atoms with Crippen molar-refractivity contribution in [3.05, 3.63) is 11.9 Å². The normalized spacial score (nSPS) is 22.0. The minimum atomic E-state index is -2.95. The highest BCUT2D eigenvalue weighted by Crippen LogP contribution is 2.32. The Kier molecular flexibility index (Phi) is 6.11. The predicted molar refractivity (Wildman–Crippen MR) is 95.0 cm³/mol. The Morgan fingerprint density at radius 1 is 1.36 bits per heavy atom. The number of amides is 3. The number of alkyl halides is 2. The summed E-state index contributed by atoms with van der Waals surface area (Å²) in [6, 6.07) is -1.24. The smallest absolute Gasteiger partial charge is 0.317 e. The number of aromatic nitrogens is 3. The fourth-order valence-corrected chi connectivity index (χ4v) is 3.32. The molecular formula is C17H26F2N6O3. The zero-order valence-corrected chi connectivity index (χ0v) is 16.1. The van der Waals surface area contributed by atoms with Gasteiger partial charge in [-0.15, -0.1) is 5.10 Å². The minimum absolute atomic E-state index is 0.0497. The van der Waals surface area contributed by atoms with Gasteiger partial charge in [0.2, 0.25) is 0 Å². The number of carbonyl (C=O) groups is 2. The van der Waals surface area contributed by atoms with E-state index < -0.39 is 31.0 Å². The Labute approximate surface area is 162 Å². The van der Waals surface area contributed by atoms with Gasteiger partial charge >= 0.3 is 6.03 Å². The number of urea groups is 1. The van der Waals surface area contributed by atoms with Crippen molar-refractivity contribution in [1.82, 2.24) is 30.1 Å². The first-order valence-electron chi connectivity index (χ1n) is 9.44. The maximum absolute atomic E-state index is 13.9. The second kappa shape index (κ2) is 8.38. The summed E-state index contributed by atoms with van der Waals surface area (Å²) in [7, 11) is 0. The van der Waals surface area contributed by atoms with Crippen LogP contribution < -0.4 is 5.32 Å². The van der Waals surface area contributed by atoms with Crippen LogP contribution in [0.25, 0.3) is 0 Å². The average molecular weight is 400 g/mol. The predicted octanol–water partition coefficient (Wildman–Crippen LogP) is 0.826. The number of hydrogen-bond acceptors (Lipinski definition) is 5. The summed E-state index contributed by atoms with van der Waals surface area (Å²) in [4.78, 5) is 27.5. The molecule has 0 aromatic carbocycles. The number of likely N-dealkylation sites (tertiary alicyclic amines) is 1. The van der Waals surface area contributed by atoms with Gasteiger partial charge in [-0.2, -0.15) is 0 Å². The van der Waals surface area contributed by atoms with Crippen molar-refractivity contribution in [3.8, 4) is 0 Å². The molecule has 1 atom stereocenters. The molecule has 0 spiro atoms. The highest BCUT2D eigenvalue weighted by Gasteiger charge is 2.47. The highest BCUT2D eigenvalue weighted by molar-refractivity contribution is 5.92. The van der Waals surface area contributed by atoms with Gasteiger partial charge in [-0.3, -0.25) is 4.79 Å². The van der Waals surface area contributed by atoms with Gasteiger partial charge in [0.1, 0.15) is 0 Å². The first kappa shape index (κ1) is 20.4. The molecule has 1 N–H and O–H groups in total. The van der Waals surface area contributed by atoms with E-state index in [1.807, 2.05) is 13.8 Å². The lowest BCUT2D eigenvalue weighted by molar-refractivity contribution is 0.0145. The van der Waals surface area contributed by atoms with Gasteiger partial charge in [0.25, 0.3) is 11.8 Å². The van der Waals surface area contributed by atoms with E-state index in [9.17, 15) is 18.4 Å². The van der Waals surface area contributed by atoms with Gasteiger partial charge in [0.15, 0.2) is 5.69 Å². The molecule has 3 rings (SSSR count). The van der Waals surface area contributed by atoms with Crippen molar-refractivity contribution in [2.45, 2.75) is 38.8 Å². The molecule has 0 radical (unpaired) electrons. The fraction of sp³-hybridized carbons (Fsp3) is 0.765. The lowest BCUT2D eigenvalue weighted by Crippen LogP contribution is -2.45. The Bertz CT molecular complexity index is 705. The maximum atomic E-state index is 13.9. The number of morpholine rings is 1. The molecular weight excluding hydrogens is 374 g/mol. The molecule has 3 heterocycles. The molecule has 1 aromatic rings. The van der Waals surface area contributed by atoms with Gasteiger partial charge in [-0.25, -0.2) is 18.3 Å². The molecule has 0 aliphatic carbocycles. The summed E-state index contributed by atoms with van der Waals surface area (Å²) in [5.74, 6) is -3.00. The second-order valence-corrected chi connectivity index (χ2v) is 7.65. The number of rotatable bonds is 5. The van der Waals surface area contributed by atoms with Crippen molar-refractivity contribution >= 4 is 11.9 Å². The van der Waals surface area contributed by atoms with Crippen molar-refractivity contribution in [2.24, 2.45) is 5.92 Å². The van der Waals surface area contributed by atoms with Gasteiger partial charge in [-0.1, -0.05) is 19.1 Å². The second-order valence-electron chi connectivity index (χ2n) is 7.65. The van der Waals surface area contributed by atoms with E-state index in [4.69, 9.17) is 4.74 Å². The number of halogens is 2. The third-order valence-corrected chi connectivity index (χ3v) is 4.75. The SMILES string of the molecule is CC(C)CNC(=O)N1CC(F)(F)C[C@H]1Cn1cc(C(=O)N2CCOCC2)nn1. The fourth-order valence-electron chi connectivity index (χ4n) is 3.32. The largest absolute Gasteiger partial charge is 0.378 e. The summed E-state index contributed by atoms with van der Waals surface area (Å²) in [5, 5.41) is 10.4. The van der Waals surface area contributed by atoms with Gasteiger partial charge in [0.05, 0.1) is 38.5 Å². The first-order chi connectivity index (χ1) is 13.2. The summed E-state index contributed by atoms with van der Waals surface area (Å²) >= 11 is 0. The van der Waals surface area contributed by atoms with E-state index in [0.717, 1.165) is 4.90 Å². The molecule has 2 aliphatic rings. The third-order valence-electron chi connectivity index (χ3n) is 4.75. The van der Waals surface area contributed by atoms with Gasteiger partial charge in [0, 0.05) is 26.1 Å². The Morgan fingerprint density at radius 2 is 2.07 bits per heavy atom. The first-order valence-corrected chi connectivity index (χ1v) is 9.44. The Morgan fingerprint density at radius 3 is 2.75 bits per heavy atom. The molecule has 1 aromatic heterocycles. The van der Waals surface area contributed by atoms with E-state index >= 15 is 0 Å². The summed E-state index contributed by atoms with van der Waals surface area (Å²) in [5.41, 5.74) is 0.155. The summed E-state index contributed by atoms with van der Waals surface area (Å²) in [6.45, 7) is 5.58. The van der Waals surface area contributed by atoms with E-state index in [1.54, 1.807) is 4.90 Å². The van der Waals surface area contributed by atoms with Crippen LogP contribution in [0.1, 0.15) is 30.8 Å². The quantitative estimate of drug-likeness (QED) is 0.790. The van der Waals surface area contributed by atoms with Crippen LogP contribution in [-0.4, -0.2) is 88.1 Å². The number of nitrogens with zero attached hydrogens (tertiary/aromatic N) is 5. The van der Waals surface area contributed by atoms with Crippen LogP contribution in [0.4, 0.5) is 13.6 Å². The molecule has 11 heteroatoms. The molecule has 3 amide bonds. The Balaban J connectivity index is 1.64. The van der Waals surface area contributed by atoms with Crippen LogP contribution in [-0.2, 0) is 11.3 Å². The standard InChI is InChI=1S/C17H26F2N6O3/c1-12(2)8-20-16(27)25-11-17(18,19)7-13(25)9-24-10-14(21-22-24)15(26)23-3-5-28-6-4-23/h10,12-13H,3-9,11H2,1-2H3,(H,20,27)/t13-/m0/s1. The average Bonchev–Trinajstić information content (AvgIpc) is 3.24. The molecule has 0 bridgehead atoms. The van der Waals surface area contributed by atoms with Crippen LogP contribution in [0.2, 0.25) is 0 Å². The van der Waals surface area contributed by atoms with E-state index in [2.05, 4.69) is 15.6 Å². The molecule has 9 nitrogen and oxygen atoms in total. The maximum Gasteiger partial charge on any atom is 0.317 e. The van der Waals surface area contributed by atoms with Crippen molar-refractivity contribution < 1.29 is 23.1 Å². The Hall–Kier alpha value is -2.30. The van der Waals surface area contributed by atoms with Crippen molar-refractivity contribution in [3.63, 3.8) is 0 Å². The van der Waals surface area contributed by atoms with E-state index in [-0.39, 0.29) is 24.1 Å². The lowest BCUT2D eigenvalue weighted by Gasteiger charge is -2.25. The van der Waals surface area contributed by atoms with Crippen LogP contribution in [0, 0.1) is 5.92 Å².